The number of benzene rings is 3. The normalized spacial score (nSPS) is 14.9. The van der Waals surface area contributed by atoms with Gasteiger partial charge in [-0.1, -0.05) is 104 Å². The van der Waals surface area contributed by atoms with Gasteiger partial charge in [0, 0.05) is 5.92 Å². The molecular formula is C36H43NO4. The van der Waals surface area contributed by atoms with Crippen LogP contribution in [0.25, 0.3) is 11.1 Å². The molecule has 0 saturated carbocycles. The molecule has 0 spiro atoms. The molecule has 1 N–H and O–H groups in total. The number of rotatable bonds is 9. The van der Waals surface area contributed by atoms with E-state index in [0.717, 1.165) is 16.7 Å². The summed E-state index contributed by atoms with van der Waals surface area (Å²) in [7, 11) is 0. The quantitative estimate of drug-likeness (QED) is 0.215. The lowest BCUT2D eigenvalue weighted by atomic mass is 9.83. The Labute approximate surface area is 245 Å². The summed E-state index contributed by atoms with van der Waals surface area (Å²) in [6.07, 6.45) is 0.103. The Hall–Kier alpha value is -3.86. The third-order valence-electron chi connectivity index (χ3n) is 7.86. The largest absolute Gasteiger partial charge is 0.460 e. The van der Waals surface area contributed by atoms with Gasteiger partial charge in [-0.3, -0.25) is 4.79 Å². The van der Waals surface area contributed by atoms with Gasteiger partial charge in [0.1, 0.15) is 12.2 Å². The fraction of sp³-hybridized carbons (Fsp3) is 0.389. The molecule has 0 fully saturated rings. The topological polar surface area (TPSA) is 64.6 Å². The van der Waals surface area contributed by atoms with Crippen molar-refractivity contribution in [3.05, 3.63) is 107 Å². The summed E-state index contributed by atoms with van der Waals surface area (Å²) in [4.78, 5) is 26.6. The predicted molar refractivity (Wildman–Crippen MR) is 165 cm³/mol. The van der Waals surface area contributed by atoms with E-state index in [1.165, 1.54) is 22.3 Å². The van der Waals surface area contributed by atoms with E-state index in [0.29, 0.717) is 6.42 Å². The molecule has 216 valence electrons. The van der Waals surface area contributed by atoms with Gasteiger partial charge in [-0.05, 0) is 74.8 Å². The Kier molecular flexibility index (Phi) is 9.37. The Balaban J connectivity index is 1.56. The summed E-state index contributed by atoms with van der Waals surface area (Å²) >= 11 is 0. The van der Waals surface area contributed by atoms with Crippen molar-refractivity contribution in [2.24, 2.45) is 11.8 Å². The van der Waals surface area contributed by atoms with Gasteiger partial charge >= 0.3 is 12.1 Å². The Morgan fingerprint density at radius 2 is 1.34 bits per heavy atom. The van der Waals surface area contributed by atoms with E-state index in [1.54, 1.807) is 0 Å². The highest BCUT2D eigenvalue weighted by Crippen LogP contribution is 2.44. The molecule has 1 amide bonds. The van der Waals surface area contributed by atoms with Gasteiger partial charge in [-0.2, -0.15) is 0 Å². The number of esters is 1. The van der Waals surface area contributed by atoms with Crippen LogP contribution < -0.4 is 5.32 Å². The second kappa shape index (κ2) is 12.8. The fourth-order valence-corrected chi connectivity index (χ4v) is 5.78. The zero-order valence-corrected chi connectivity index (χ0v) is 25.4. The van der Waals surface area contributed by atoms with Gasteiger partial charge in [-0.25, -0.2) is 4.79 Å². The molecular weight excluding hydrogens is 510 g/mol. The van der Waals surface area contributed by atoms with Crippen molar-refractivity contribution in [3.63, 3.8) is 0 Å². The minimum absolute atomic E-state index is 0.0170. The maximum Gasteiger partial charge on any atom is 0.407 e. The predicted octanol–water partition coefficient (Wildman–Crippen LogP) is 8.09. The van der Waals surface area contributed by atoms with Gasteiger partial charge < -0.3 is 14.8 Å². The first-order chi connectivity index (χ1) is 19.5. The van der Waals surface area contributed by atoms with Crippen LogP contribution >= 0.6 is 0 Å². The van der Waals surface area contributed by atoms with Crippen molar-refractivity contribution in [2.75, 3.05) is 6.61 Å². The van der Waals surface area contributed by atoms with Crippen LogP contribution in [0.4, 0.5) is 4.79 Å². The Morgan fingerprint density at radius 3 is 1.88 bits per heavy atom. The molecule has 0 bridgehead atoms. The van der Waals surface area contributed by atoms with Crippen LogP contribution in [-0.2, 0) is 20.7 Å². The average molecular weight is 554 g/mol. The molecule has 0 unspecified atom stereocenters. The third kappa shape index (κ3) is 7.27. The van der Waals surface area contributed by atoms with E-state index in [1.807, 2.05) is 103 Å². The van der Waals surface area contributed by atoms with E-state index >= 15 is 0 Å². The van der Waals surface area contributed by atoms with Crippen LogP contribution in [0.15, 0.2) is 90.0 Å². The smallest absolute Gasteiger partial charge is 0.407 e. The van der Waals surface area contributed by atoms with Crippen LogP contribution in [0.2, 0.25) is 0 Å². The molecule has 1 aliphatic carbocycles. The fourth-order valence-electron chi connectivity index (χ4n) is 5.78. The minimum atomic E-state index is -0.582. The third-order valence-corrected chi connectivity index (χ3v) is 7.86. The highest BCUT2D eigenvalue weighted by Gasteiger charge is 2.32. The Morgan fingerprint density at radius 1 is 0.805 bits per heavy atom. The lowest BCUT2D eigenvalue weighted by Gasteiger charge is -2.29. The van der Waals surface area contributed by atoms with Crippen molar-refractivity contribution in [1.29, 1.82) is 0 Å². The highest BCUT2D eigenvalue weighted by molar-refractivity contribution is 5.79. The number of fused-ring (bicyclic) bond motifs is 3. The molecule has 0 radical (unpaired) electrons. The molecule has 4 rings (SSSR count). The molecule has 0 heterocycles. The number of hydrogen-bond donors (Lipinski definition) is 1. The zero-order chi connectivity index (χ0) is 29.7. The van der Waals surface area contributed by atoms with Gasteiger partial charge in [0.25, 0.3) is 0 Å². The maximum atomic E-state index is 13.3. The maximum absolute atomic E-state index is 13.3. The van der Waals surface area contributed by atoms with Crippen LogP contribution in [0.3, 0.4) is 0 Å². The van der Waals surface area contributed by atoms with Gasteiger partial charge in [-0.15, -0.1) is 0 Å². The summed E-state index contributed by atoms with van der Waals surface area (Å²) < 4.78 is 11.7. The molecule has 0 aliphatic heterocycles. The average Bonchev–Trinajstić information content (AvgIpc) is 3.24. The monoisotopic (exact) mass is 553 g/mol. The van der Waals surface area contributed by atoms with Crippen LogP contribution in [0.1, 0.15) is 71.1 Å². The number of carbonyl (C=O) groups is 2. The van der Waals surface area contributed by atoms with Crippen molar-refractivity contribution in [3.8, 4) is 11.1 Å². The van der Waals surface area contributed by atoms with Crippen LogP contribution in [0.5, 0.6) is 0 Å². The summed E-state index contributed by atoms with van der Waals surface area (Å²) in [6, 6.07) is 26.3. The van der Waals surface area contributed by atoms with Gasteiger partial charge in [0.05, 0.1) is 12.0 Å². The molecule has 1 aliphatic rings. The van der Waals surface area contributed by atoms with E-state index in [-0.39, 0.29) is 30.5 Å². The zero-order valence-electron chi connectivity index (χ0n) is 25.4. The number of hydrogen-bond acceptors (Lipinski definition) is 4. The molecule has 2 atom stereocenters. The number of amides is 1. The summed E-state index contributed by atoms with van der Waals surface area (Å²) in [6.45, 7) is 13.9. The summed E-state index contributed by atoms with van der Waals surface area (Å²) in [5.41, 5.74) is 7.08. The van der Waals surface area contributed by atoms with Gasteiger partial charge in [0.2, 0.25) is 0 Å². The van der Waals surface area contributed by atoms with Crippen molar-refractivity contribution in [1.82, 2.24) is 5.32 Å². The standard InChI is InChI=1S/C36H43NO4/c1-23(2)33(34(38)41-36(5,6)7)25(4)24(3)32(21-26-15-9-8-10-16-26)37-35(39)40-22-31-29-19-13-11-17-27(29)28-18-12-14-20-30(28)31/h8-20,23,31-33H,21-22H2,1-7H3,(H,37,39)/b25-24+/t32-,33-/m1/s1. The highest BCUT2D eigenvalue weighted by atomic mass is 16.6. The van der Waals surface area contributed by atoms with Crippen molar-refractivity contribution >= 4 is 12.1 Å². The molecule has 5 nitrogen and oxygen atoms in total. The second-order valence-corrected chi connectivity index (χ2v) is 12.3. The molecule has 41 heavy (non-hydrogen) atoms. The summed E-state index contributed by atoms with van der Waals surface area (Å²) in [5.74, 6) is -0.649. The molecule has 0 saturated heterocycles. The molecule has 3 aromatic rings. The lowest BCUT2D eigenvalue weighted by Crippen LogP contribution is -2.40. The second-order valence-electron chi connectivity index (χ2n) is 12.3. The molecule has 0 aromatic heterocycles. The first-order valence-corrected chi connectivity index (χ1v) is 14.5. The number of ether oxygens (including phenoxy) is 2. The van der Waals surface area contributed by atoms with Crippen LogP contribution in [0, 0.1) is 11.8 Å². The Bertz CT molecular complexity index is 1350. The van der Waals surface area contributed by atoms with E-state index in [2.05, 4.69) is 29.6 Å². The molecule has 5 heteroatoms. The molecule has 3 aromatic carbocycles. The van der Waals surface area contributed by atoms with Crippen LogP contribution in [-0.4, -0.2) is 30.3 Å². The number of alkyl carbamates (subject to hydrolysis) is 1. The van der Waals surface area contributed by atoms with Gasteiger partial charge in [0.15, 0.2) is 0 Å². The SMILES string of the molecule is C/C(=C(/C)[C@H](C(=O)OC(C)(C)C)C(C)C)[C@@H](Cc1ccccc1)NC(=O)OCC1c2ccccc2-c2ccccc21. The summed E-state index contributed by atoms with van der Waals surface area (Å²) in [5, 5.41) is 3.13. The van der Waals surface area contributed by atoms with E-state index < -0.39 is 17.6 Å². The van der Waals surface area contributed by atoms with E-state index in [9.17, 15) is 9.59 Å². The number of nitrogens with one attached hydrogen (secondary N) is 1. The first-order valence-electron chi connectivity index (χ1n) is 14.5. The number of carbonyl (C=O) groups excluding carboxylic acids is 2. The van der Waals surface area contributed by atoms with Crippen molar-refractivity contribution in [2.45, 2.75) is 72.4 Å². The lowest BCUT2D eigenvalue weighted by molar-refractivity contribution is -0.160. The van der Waals surface area contributed by atoms with E-state index in [4.69, 9.17) is 9.47 Å². The first kappa shape index (κ1) is 30.1. The van der Waals surface area contributed by atoms with Crippen molar-refractivity contribution < 1.29 is 19.1 Å². The minimum Gasteiger partial charge on any atom is -0.460 e.